The Morgan fingerprint density at radius 1 is 1.26 bits per heavy atom. The molecule has 2 atom stereocenters. The number of alkyl halides is 3. The summed E-state index contributed by atoms with van der Waals surface area (Å²) in [5.41, 5.74) is 0.905. The Morgan fingerprint density at radius 2 is 2.00 bits per heavy atom. The maximum Gasteiger partial charge on any atom is 0.573 e. The van der Waals surface area contributed by atoms with Gasteiger partial charge in [0.15, 0.2) is 5.01 Å². The van der Waals surface area contributed by atoms with Crippen LogP contribution in [0.15, 0.2) is 47.5 Å². The first-order valence-electron chi connectivity index (χ1n) is 11.6. The summed E-state index contributed by atoms with van der Waals surface area (Å²) >= 11 is 1.10. The maximum absolute atomic E-state index is 13.9. The molecular formula is C26H25F3N4O4S. The second-order valence-electron chi connectivity index (χ2n) is 8.86. The first-order chi connectivity index (χ1) is 18.0. The number of methoxy groups -OCH3 is 1. The zero-order chi connectivity index (χ0) is 27.6. The highest BCUT2D eigenvalue weighted by atomic mass is 32.1. The molecule has 0 saturated carbocycles. The number of urea groups is 1. The number of aromatic nitrogens is 1. The van der Waals surface area contributed by atoms with E-state index in [1.54, 1.807) is 11.9 Å². The van der Waals surface area contributed by atoms with E-state index in [9.17, 15) is 22.8 Å². The van der Waals surface area contributed by atoms with E-state index >= 15 is 0 Å². The van der Waals surface area contributed by atoms with Crippen LogP contribution in [0.25, 0.3) is 0 Å². The SMILES string of the molecule is C#Cc1nc(C(=O)N(c2cc(OC)cc(OC(F)(F)F)c2)C2CN(C)C(=O)N(C3=CC=CCC3C)C2)cs1. The third-order valence-corrected chi connectivity index (χ3v) is 6.96. The second-order valence-corrected chi connectivity index (χ2v) is 9.71. The minimum atomic E-state index is -4.96. The fourth-order valence-corrected chi connectivity index (χ4v) is 5.07. The molecule has 0 N–H and O–H groups in total. The van der Waals surface area contributed by atoms with Gasteiger partial charge in [-0.25, -0.2) is 9.78 Å². The van der Waals surface area contributed by atoms with Crippen LogP contribution in [0.5, 0.6) is 11.5 Å². The molecule has 1 aliphatic carbocycles. The van der Waals surface area contributed by atoms with Crippen molar-refractivity contribution < 1.29 is 32.2 Å². The van der Waals surface area contributed by atoms with Gasteiger partial charge in [0, 0.05) is 49.4 Å². The summed E-state index contributed by atoms with van der Waals surface area (Å²) in [7, 11) is 2.90. The minimum absolute atomic E-state index is 0.0309. The number of halogens is 3. The molecule has 4 rings (SSSR count). The fraction of sp³-hybridized carbons (Fsp3) is 0.346. The Hall–Kier alpha value is -3.98. The molecule has 1 aromatic carbocycles. The number of allylic oxidation sites excluding steroid dienone is 4. The molecule has 38 heavy (non-hydrogen) atoms. The van der Waals surface area contributed by atoms with E-state index in [4.69, 9.17) is 11.2 Å². The van der Waals surface area contributed by atoms with E-state index in [-0.39, 0.29) is 47.2 Å². The predicted molar refractivity (Wildman–Crippen MR) is 136 cm³/mol. The van der Waals surface area contributed by atoms with Gasteiger partial charge in [0.25, 0.3) is 5.91 Å². The zero-order valence-electron chi connectivity index (χ0n) is 20.9. The second kappa shape index (κ2) is 10.8. The number of hydrogen-bond donors (Lipinski definition) is 0. The van der Waals surface area contributed by atoms with E-state index in [0.717, 1.165) is 35.6 Å². The molecule has 1 saturated heterocycles. The van der Waals surface area contributed by atoms with Gasteiger partial charge in [0.05, 0.1) is 18.8 Å². The van der Waals surface area contributed by atoms with Crippen molar-refractivity contribution in [2.75, 3.05) is 32.1 Å². The summed E-state index contributed by atoms with van der Waals surface area (Å²) in [5, 5.41) is 1.77. The van der Waals surface area contributed by atoms with Crippen molar-refractivity contribution in [3.8, 4) is 23.8 Å². The number of terminal acetylenes is 1. The number of thiazole rings is 1. The fourth-order valence-electron chi connectivity index (χ4n) is 4.48. The van der Waals surface area contributed by atoms with Crippen molar-refractivity contribution in [2.45, 2.75) is 25.7 Å². The normalized spacial score (nSPS) is 19.6. The van der Waals surface area contributed by atoms with Gasteiger partial charge in [0.2, 0.25) is 0 Å². The summed E-state index contributed by atoms with van der Waals surface area (Å²) < 4.78 is 48.6. The van der Waals surface area contributed by atoms with Gasteiger partial charge < -0.3 is 19.3 Å². The molecule has 2 heterocycles. The number of rotatable bonds is 6. The van der Waals surface area contributed by atoms with Crippen LogP contribution in [-0.2, 0) is 0 Å². The molecule has 2 unspecified atom stereocenters. The van der Waals surface area contributed by atoms with E-state index in [2.05, 4.69) is 15.6 Å². The highest BCUT2D eigenvalue weighted by Gasteiger charge is 2.40. The number of carbonyl (C=O) groups excluding carboxylic acids is 2. The molecule has 0 spiro atoms. The molecule has 8 nitrogen and oxygen atoms in total. The average Bonchev–Trinajstić information content (AvgIpc) is 3.35. The Morgan fingerprint density at radius 3 is 2.63 bits per heavy atom. The number of likely N-dealkylation sites (N-methyl/N-ethyl adjacent to an activating group) is 1. The number of anilines is 1. The number of hydrogen-bond acceptors (Lipinski definition) is 6. The zero-order valence-corrected chi connectivity index (χ0v) is 21.7. The molecule has 1 aliphatic heterocycles. The number of benzene rings is 1. The number of amides is 3. The van der Waals surface area contributed by atoms with Gasteiger partial charge >= 0.3 is 12.4 Å². The summed E-state index contributed by atoms with van der Waals surface area (Å²) in [6, 6.07) is 2.71. The molecule has 2 aromatic rings. The Kier molecular flexibility index (Phi) is 7.68. The van der Waals surface area contributed by atoms with Gasteiger partial charge in [0.1, 0.15) is 17.2 Å². The number of ether oxygens (including phenoxy) is 2. The molecule has 2 aliphatic rings. The third-order valence-electron chi connectivity index (χ3n) is 6.19. The topological polar surface area (TPSA) is 75.2 Å². The Labute approximate surface area is 221 Å². The van der Waals surface area contributed by atoms with Crippen LogP contribution in [0.2, 0.25) is 0 Å². The van der Waals surface area contributed by atoms with Crippen LogP contribution in [0.1, 0.15) is 28.8 Å². The van der Waals surface area contributed by atoms with Crippen molar-refractivity contribution in [2.24, 2.45) is 5.92 Å². The molecule has 0 bridgehead atoms. The van der Waals surface area contributed by atoms with Gasteiger partial charge in [-0.3, -0.25) is 9.69 Å². The van der Waals surface area contributed by atoms with Crippen molar-refractivity contribution in [1.82, 2.24) is 14.8 Å². The summed E-state index contributed by atoms with van der Waals surface area (Å²) in [4.78, 5) is 35.6. The van der Waals surface area contributed by atoms with Gasteiger partial charge in [-0.05, 0) is 24.3 Å². The first-order valence-corrected chi connectivity index (χ1v) is 12.5. The third kappa shape index (κ3) is 5.78. The van der Waals surface area contributed by atoms with Gasteiger partial charge in [-0.2, -0.15) is 0 Å². The minimum Gasteiger partial charge on any atom is -0.497 e. The highest BCUT2D eigenvalue weighted by molar-refractivity contribution is 7.10. The smallest absolute Gasteiger partial charge is 0.497 e. The van der Waals surface area contributed by atoms with Crippen molar-refractivity contribution in [3.05, 3.63) is 58.2 Å². The lowest BCUT2D eigenvalue weighted by molar-refractivity contribution is -0.274. The Bertz CT molecular complexity index is 1330. The summed E-state index contributed by atoms with van der Waals surface area (Å²) in [6.45, 7) is 2.23. The van der Waals surface area contributed by atoms with Gasteiger partial charge in [-0.15, -0.1) is 30.9 Å². The van der Waals surface area contributed by atoms with Crippen LogP contribution < -0.4 is 14.4 Å². The summed E-state index contributed by atoms with van der Waals surface area (Å²) in [6.07, 6.45) is 6.94. The quantitative estimate of drug-likeness (QED) is 0.482. The van der Waals surface area contributed by atoms with Crippen LogP contribution in [0.3, 0.4) is 0 Å². The first kappa shape index (κ1) is 27.1. The summed E-state index contributed by atoms with van der Waals surface area (Å²) in [5.74, 6) is 1.34. The lowest BCUT2D eigenvalue weighted by Gasteiger charge is -2.44. The van der Waals surface area contributed by atoms with Crippen molar-refractivity contribution in [1.29, 1.82) is 0 Å². The van der Waals surface area contributed by atoms with Crippen LogP contribution >= 0.6 is 11.3 Å². The number of nitrogens with zero attached hydrogens (tertiary/aromatic N) is 4. The average molecular weight is 547 g/mol. The molecule has 1 aromatic heterocycles. The molecule has 0 radical (unpaired) electrons. The Balaban J connectivity index is 1.81. The van der Waals surface area contributed by atoms with E-state index in [1.807, 2.05) is 25.2 Å². The lowest BCUT2D eigenvalue weighted by Crippen LogP contribution is -2.60. The molecule has 3 amide bonds. The lowest BCUT2D eigenvalue weighted by atomic mass is 9.96. The van der Waals surface area contributed by atoms with Crippen LogP contribution in [0, 0.1) is 18.3 Å². The van der Waals surface area contributed by atoms with Crippen molar-refractivity contribution >= 4 is 29.0 Å². The highest BCUT2D eigenvalue weighted by Crippen LogP contribution is 2.35. The van der Waals surface area contributed by atoms with Gasteiger partial charge in [-0.1, -0.05) is 19.1 Å². The standard InChI is InChI=1S/C26H25F3N4O4S/c1-5-23-30-21(15-38-23)24(34)33(17-10-19(36-4)12-20(11-17)37-26(27,28)29)18-13-31(3)25(35)32(14-18)22-9-7-6-8-16(22)2/h1,6-7,9-12,15-16,18H,8,13-14H2,2-4H3. The molecule has 200 valence electrons. The monoisotopic (exact) mass is 546 g/mol. The van der Waals surface area contributed by atoms with Crippen LogP contribution in [-0.4, -0.2) is 66.4 Å². The number of carbonyl (C=O) groups is 2. The molecule has 12 heteroatoms. The van der Waals surface area contributed by atoms with E-state index in [1.165, 1.54) is 28.4 Å². The largest absolute Gasteiger partial charge is 0.573 e. The van der Waals surface area contributed by atoms with E-state index in [0.29, 0.717) is 0 Å². The predicted octanol–water partition coefficient (Wildman–Crippen LogP) is 4.89. The molecular weight excluding hydrogens is 521 g/mol. The van der Waals surface area contributed by atoms with Crippen molar-refractivity contribution in [3.63, 3.8) is 0 Å². The van der Waals surface area contributed by atoms with Crippen LogP contribution in [0.4, 0.5) is 23.7 Å². The maximum atomic E-state index is 13.9. The molecule has 1 fully saturated rings. The van der Waals surface area contributed by atoms with E-state index < -0.39 is 24.1 Å².